The first-order valence-electron chi connectivity index (χ1n) is 8.11. The fourth-order valence-electron chi connectivity index (χ4n) is 2.86. The molecular formula is C20H19NO4. The van der Waals surface area contributed by atoms with Crippen molar-refractivity contribution in [3.05, 3.63) is 71.4 Å². The zero-order valence-corrected chi connectivity index (χ0v) is 14.1. The molecule has 3 rings (SSSR count). The minimum atomic E-state index is -0.508. The molecule has 0 radical (unpaired) electrons. The Hall–Kier alpha value is -3.08. The van der Waals surface area contributed by atoms with E-state index in [1.165, 1.54) is 6.08 Å². The third-order valence-electron chi connectivity index (χ3n) is 3.88. The SMILES string of the molecule is CCOC(=O)C=C(C)NC(=O)C1c2ccccc2Oc2ccccc21. The number of rotatable bonds is 4. The van der Waals surface area contributed by atoms with E-state index in [4.69, 9.17) is 9.47 Å². The first-order valence-corrected chi connectivity index (χ1v) is 8.11. The highest BCUT2D eigenvalue weighted by Gasteiger charge is 2.32. The lowest BCUT2D eigenvalue weighted by Gasteiger charge is -2.27. The van der Waals surface area contributed by atoms with Crippen molar-refractivity contribution in [3.63, 3.8) is 0 Å². The van der Waals surface area contributed by atoms with Crippen LogP contribution in [0.25, 0.3) is 0 Å². The topological polar surface area (TPSA) is 64.6 Å². The van der Waals surface area contributed by atoms with Gasteiger partial charge >= 0.3 is 5.97 Å². The van der Waals surface area contributed by atoms with Crippen molar-refractivity contribution in [2.75, 3.05) is 6.61 Å². The Labute approximate surface area is 146 Å². The lowest BCUT2D eigenvalue weighted by atomic mass is 9.87. The average molecular weight is 337 g/mol. The second kappa shape index (κ2) is 7.21. The van der Waals surface area contributed by atoms with E-state index >= 15 is 0 Å². The highest BCUT2D eigenvalue weighted by molar-refractivity contribution is 5.92. The summed E-state index contributed by atoms with van der Waals surface area (Å²) in [6.07, 6.45) is 1.28. The molecule has 0 unspecified atom stereocenters. The maximum absolute atomic E-state index is 12.9. The van der Waals surface area contributed by atoms with Gasteiger partial charge in [0.2, 0.25) is 5.91 Å². The molecule has 1 aliphatic heterocycles. The second-order valence-corrected chi connectivity index (χ2v) is 5.68. The third-order valence-corrected chi connectivity index (χ3v) is 3.88. The van der Waals surface area contributed by atoms with Gasteiger partial charge in [-0.3, -0.25) is 4.79 Å². The Morgan fingerprint density at radius 2 is 1.64 bits per heavy atom. The summed E-state index contributed by atoms with van der Waals surface area (Å²) >= 11 is 0. The number of hydrogen-bond acceptors (Lipinski definition) is 4. The summed E-state index contributed by atoms with van der Waals surface area (Å²) in [7, 11) is 0. The highest BCUT2D eigenvalue weighted by Crippen LogP contribution is 2.43. The van der Waals surface area contributed by atoms with Crippen LogP contribution in [0.1, 0.15) is 30.9 Å². The molecule has 25 heavy (non-hydrogen) atoms. The van der Waals surface area contributed by atoms with Gasteiger partial charge in [0.05, 0.1) is 12.5 Å². The number of fused-ring (bicyclic) bond motifs is 2. The fourth-order valence-corrected chi connectivity index (χ4v) is 2.86. The number of allylic oxidation sites excluding steroid dienone is 1. The van der Waals surface area contributed by atoms with Gasteiger partial charge in [-0.1, -0.05) is 36.4 Å². The monoisotopic (exact) mass is 337 g/mol. The number of para-hydroxylation sites is 2. The molecule has 0 saturated carbocycles. The molecule has 5 heteroatoms. The van der Waals surface area contributed by atoms with Gasteiger partial charge in [0, 0.05) is 22.9 Å². The van der Waals surface area contributed by atoms with Crippen molar-refractivity contribution in [2.45, 2.75) is 19.8 Å². The smallest absolute Gasteiger partial charge is 0.332 e. The molecular weight excluding hydrogens is 318 g/mol. The lowest BCUT2D eigenvalue weighted by Crippen LogP contribution is -2.30. The molecule has 1 heterocycles. The lowest BCUT2D eigenvalue weighted by molar-refractivity contribution is -0.137. The third kappa shape index (κ3) is 3.55. The van der Waals surface area contributed by atoms with E-state index in [1.807, 2.05) is 48.5 Å². The van der Waals surface area contributed by atoms with Crippen molar-refractivity contribution >= 4 is 11.9 Å². The van der Waals surface area contributed by atoms with Crippen LogP contribution in [0.2, 0.25) is 0 Å². The molecule has 0 aromatic heterocycles. The van der Waals surface area contributed by atoms with Crippen LogP contribution in [0.15, 0.2) is 60.3 Å². The Kier molecular flexibility index (Phi) is 4.84. The largest absolute Gasteiger partial charge is 0.463 e. The Bertz CT molecular complexity index is 796. The van der Waals surface area contributed by atoms with E-state index in [-0.39, 0.29) is 12.5 Å². The number of esters is 1. The molecule has 0 spiro atoms. The molecule has 128 valence electrons. The molecule has 0 fully saturated rings. The number of carbonyl (C=O) groups is 2. The zero-order valence-electron chi connectivity index (χ0n) is 14.1. The van der Waals surface area contributed by atoms with E-state index in [0.29, 0.717) is 17.2 Å². The number of ether oxygens (including phenoxy) is 2. The standard InChI is InChI=1S/C20H19NO4/c1-3-24-18(22)12-13(2)21-20(23)19-14-8-4-6-10-16(14)25-17-11-7-5-9-15(17)19/h4-12,19H,3H2,1-2H3,(H,21,23). The zero-order chi connectivity index (χ0) is 17.8. The summed E-state index contributed by atoms with van der Waals surface area (Å²) in [6, 6.07) is 14.9. The predicted octanol–water partition coefficient (Wildman–Crippen LogP) is 3.51. The van der Waals surface area contributed by atoms with Crippen LogP contribution >= 0.6 is 0 Å². The van der Waals surface area contributed by atoms with Crippen molar-refractivity contribution < 1.29 is 19.1 Å². The highest BCUT2D eigenvalue weighted by atomic mass is 16.5. The van der Waals surface area contributed by atoms with Crippen LogP contribution in [0.4, 0.5) is 0 Å². The van der Waals surface area contributed by atoms with Gasteiger partial charge in [-0.05, 0) is 26.0 Å². The average Bonchev–Trinajstić information content (AvgIpc) is 2.59. The van der Waals surface area contributed by atoms with Crippen LogP contribution in [0.5, 0.6) is 11.5 Å². The van der Waals surface area contributed by atoms with Gasteiger partial charge in [-0.25, -0.2) is 4.79 Å². The van der Waals surface area contributed by atoms with Gasteiger partial charge in [-0.15, -0.1) is 0 Å². The van der Waals surface area contributed by atoms with Crippen molar-refractivity contribution in [1.29, 1.82) is 0 Å². The molecule has 0 saturated heterocycles. The van der Waals surface area contributed by atoms with E-state index in [1.54, 1.807) is 13.8 Å². The molecule has 0 atom stereocenters. The van der Waals surface area contributed by atoms with Gasteiger partial charge in [0.25, 0.3) is 0 Å². The van der Waals surface area contributed by atoms with Gasteiger partial charge < -0.3 is 14.8 Å². The maximum atomic E-state index is 12.9. The second-order valence-electron chi connectivity index (χ2n) is 5.68. The number of carbonyl (C=O) groups excluding carboxylic acids is 2. The molecule has 5 nitrogen and oxygen atoms in total. The van der Waals surface area contributed by atoms with E-state index in [0.717, 1.165) is 11.1 Å². The molecule has 0 aliphatic carbocycles. The Balaban J connectivity index is 1.91. The van der Waals surface area contributed by atoms with Gasteiger partial charge in [-0.2, -0.15) is 0 Å². The fraction of sp³-hybridized carbons (Fsp3) is 0.200. The quantitative estimate of drug-likeness (QED) is 0.685. The first kappa shape index (κ1) is 16.8. The number of hydrogen-bond donors (Lipinski definition) is 1. The maximum Gasteiger partial charge on any atom is 0.332 e. The Morgan fingerprint density at radius 3 is 2.20 bits per heavy atom. The summed E-state index contributed by atoms with van der Waals surface area (Å²) in [5.74, 6) is 0.114. The molecule has 2 aromatic carbocycles. The molecule has 1 amide bonds. The van der Waals surface area contributed by atoms with Crippen LogP contribution in [0, 0.1) is 0 Å². The molecule has 1 N–H and O–H groups in total. The van der Waals surface area contributed by atoms with Gasteiger partial charge in [0.15, 0.2) is 0 Å². The summed E-state index contributed by atoms with van der Waals surface area (Å²) in [6.45, 7) is 3.68. The van der Waals surface area contributed by atoms with Crippen LogP contribution < -0.4 is 10.1 Å². The first-order chi connectivity index (χ1) is 12.1. The number of amides is 1. The number of benzene rings is 2. The summed E-state index contributed by atoms with van der Waals surface area (Å²) < 4.78 is 10.8. The van der Waals surface area contributed by atoms with E-state index in [2.05, 4.69) is 5.32 Å². The summed E-state index contributed by atoms with van der Waals surface area (Å²) in [4.78, 5) is 24.5. The van der Waals surface area contributed by atoms with Crippen LogP contribution in [-0.4, -0.2) is 18.5 Å². The van der Waals surface area contributed by atoms with Crippen molar-refractivity contribution in [1.82, 2.24) is 5.32 Å². The van der Waals surface area contributed by atoms with Crippen molar-refractivity contribution in [2.24, 2.45) is 0 Å². The minimum absolute atomic E-state index is 0.221. The van der Waals surface area contributed by atoms with Gasteiger partial charge in [0.1, 0.15) is 11.5 Å². The Morgan fingerprint density at radius 1 is 1.08 bits per heavy atom. The van der Waals surface area contributed by atoms with E-state index in [9.17, 15) is 9.59 Å². The predicted molar refractivity (Wildman–Crippen MR) is 93.3 cm³/mol. The normalized spacial score (nSPS) is 13.3. The van der Waals surface area contributed by atoms with E-state index < -0.39 is 11.9 Å². The number of nitrogens with one attached hydrogen (secondary N) is 1. The molecule has 2 aromatic rings. The van der Waals surface area contributed by atoms with Crippen molar-refractivity contribution in [3.8, 4) is 11.5 Å². The summed E-state index contributed by atoms with van der Waals surface area (Å²) in [5.41, 5.74) is 2.02. The van der Waals surface area contributed by atoms with Crippen LogP contribution in [-0.2, 0) is 14.3 Å². The minimum Gasteiger partial charge on any atom is -0.463 e. The molecule has 0 bridgehead atoms. The van der Waals surface area contributed by atoms with Crippen LogP contribution in [0.3, 0.4) is 0 Å². The summed E-state index contributed by atoms with van der Waals surface area (Å²) in [5, 5.41) is 2.79. The molecule has 1 aliphatic rings.